The predicted octanol–water partition coefficient (Wildman–Crippen LogP) is 1.91. The Bertz CT molecular complexity index is 466. The van der Waals surface area contributed by atoms with Gasteiger partial charge in [0.25, 0.3) is 0 Å². The molecule has 2 aliphatic rings. The molecule has 2 fully saturated rings. The van der Waals surface area contributed by atoms with Crippen molar-refractivity contribution in [3.63, 3.8) is 0 Å². The molecule has 1 atom stereocenters. The summed E-state index contributed by atoms with van der Waals surface area (Å²) in [6, 6.07) is 0. The fourth-order valence-corrected chi connectivity index (χ4v) is 3.35. The van der Waals surface area contributed by atoms with Crippen molar-refractivity contribution in [2.24, 2.45) is 5.92 Å². The SMILES string of the molecule is O=C1NCCO[C@H]1Cc1cn(CCC2CCCCC2)cn1. The van der Waals surface area contributed by atoms with E-state index in [9.17, 15) is 4.79 Å². The smallest absolute Gasteiger partial charge is 0.249 e. The van der Waals surface area contributed by atoms with Crippen molar-refractivity contribution in [1.29, 1.82) is 0 Å². The molecule has 0 bridgehead atoms. The Morgan fingerprint density at radius 3 is 3.00 bits per heavy atom. The van der Waals surface area contributed by atoms with E-state index in [1.54, 1.807) is 0 Å². The molecule has 1 aliphatic carbocycles. The number of hydrogen-bond acceptors (Lipinski definition) is 3. The lowest BCUT2D eigenvalue weighted by Gasteiger charge is -2.22. The number of imidazole rings is 1. The van der Waals surface area contributed by atoms with Gasteiger partial charge in [0.15, 0.2) is 0 Å². The van der Waals surface area contributed by atoms with Crippen LogP contribution in [0.15, 0.2) is 12.5 Å². The third-order valence-electron chi connectivity index (χ3n) is 4.61. The molecule has 1 saturated carbocycles. The Balaban J connectivity index is 1.47. The average Bonchev–Trinajstić information content (AvgIpc) is 2.96. The average molecular weight is 291 g/mol. The van der Waals surface area contributed by atoms with E-state index in [1.807, 2.05) is 6.33 Å². The summed E-state index contributed by atoms with van der Waals surface area (Å²) in [5.41, 5.74) is 0.945. The minimum Gasteiger partial charge on any atom is -0.366 e. The van der Waals surface area contributed by atoms with Gasteiger partial charge in [0.05, 0.1) is 18.6 Å². The number of rotatable bonds is 5. The number of morpholine rings is 1. The first-order valence-corrected chi connectivity index (χ1v) is 8.21. The van der Waals surface area contributed by atoms with E-state index in [4.69, 9.17) is 4.74 Å². The van der Waals surface area contributed by atoms with E-state index in [-0.39, 0.29) is 12.0 Å². The molecule has 1 aliphatic heterocycles. The van der Waals surface area contributed by atoms with E-state index < -0.39 is 0 Å². The van der Waals surface area contributed by atoms with Crippen LogP contribution in [-0.2, 0) is 22.5 Å². The zero-order valence-electron chi connectivity index (χ0n) is 12.6. The Hall–Kier alpha value is -1.36. The van der Waals surface area contributed by atoms with Gasteiger partial charge < -0.3 is 14.6 Å². The van der Waals surface area contributed by atoms with Gasteiger partial charge in [-0.1, -0.05) is 32.1 Å². The highest BCUT2D eigenvalue weighted by atomic mass is 16.5. The van der Waals surface area contributed by atoms with Crippen LogP contribution in [0.2, 0.25) is 0 Å². The maximum atomic E-state index is 11.7. The van der Waals surface area contributed by atoms with Crippen LogP contribution in [0.1, 0.15) is 44.2 Å². The molecule has 3 rings (SSSR count). The van der Waals surface area contributed by atoms with Gasteiger partial charge in [-0.2, -0.15) is 0 Å². The van der Waals surface area contributed by atoms with Crippen LogP contribution < -0.4 is 5.32 Å². The topological polar surface area (TPSA) is 56.1 Å². The molecule has 0 unspecified atom stereocenters. The number of carbonyl (C=O) groups is 1. The Morgan fingerprint density at radius 1 is 1.33 bits per heavy atom. The summed E-state index contributed by atoms with van der Waals surface area (Å²) in [5.74, 6) is 0.870. The second-order valence-corrected chi connectivity index (χ2v) is 6.25. The first-order chi connectivity index (χ1) is 10.3. The normalized spacial score (nSPS) is 24.0. The summed E-state index contributed by atoms with van der Waals surface area (Å²) in [6.45, 7) is 2.25. The number of ether oxygens (including phenoxy) is 1. The van der Waals surface area contributed by atoms with Crippen LogP contribution in [0.3, 0.4) is 0 Å². The van der Waals surface area contributed by atoms with Gasteiger partial charge >= 0.3 is 0 Å². The van der Waals surface area contributed by atoms with Crippen molar-refractivity contribution >= 4 is 5.91 Å². The maximum absolute atomic E-state index is 11.7. The maximum Gasteiger partial charge on any atom is 0.249 e. The monoisotopic (exact) mass is 291 g/mol. The molecule has 1 N–H and O–H groups in total. The number of amides is 1. The highest BCUT2D eigenvalue weighted by molar-refractivity contribution is 5.81. The summed E-state index contributed by atoms with van der Waals surface area (Å²) >= 11 is 0. The third kappa shape index (κ3) is 4.06. The number of nitrogens with one attached hydrogen (secondary N) is 1. The lowest BCUT2D eigenvalue weighted by molar-refractivity contribution is -0.137. The summed E-state index contributed by atoms with van der Waals surface area (Å²) in [4.78, 5) is 16.1. The van der Waals surface area contributed by atoms with E-state index in [2.05, 4.69) is 21.1 Å². The van der Waals surface area contributed by atoms with Gasteiger partial charge in [-0.25, -0.2) is 4.98 Å². The van der Waals surface area contributed by atoms with Crippen molar-refractivity contribution in [3.05, 3.63) is 18.2 Å². The molecule has 0 aromatic carbocycles. The van der Waals surface area contributed by atoms with Crippen LogP contribution in [0.5, 0.6) is 0 Å². The number of hydrogen-bond donors (Lipinski definition) is 1. The van der Waals surface area contributed by atoms with Crippen molar-refractivity contribution in [3.8, 4) is 0 Å². The highest BCUT2D eigenvalue weighted by Crippen LogP contribution is 2.26. The first kappa shape index (κ1) is 14.6. The van der Waals surface area contributed by atoms with Crippen LogP contribution in [0.25, 0.3) is 0 Å². The Labute approximate surface area is 126 Å². The molecule has 21 heavy (non-hydrogen) atoms. The zero-order chi connectivity index (χ0) is 14.5. The quantitative estimate of drug-likeness (QED) is 0.901. The van der Waals surface area contributed by atoms with Crippen molar-refractivity contribution < 1.29 is 9.53 Å². The van der Waals surface area contributed by atoms with Crippen LogP contribution >= 0.6 is 0 Å². The fourth-order valence-electron chi connectivity index (χ4n) is 3.35. The molecule has 0 spiro atoms. The second-order valence-electron chi connectivity index (χ2n) is 6.25. The Morgan fingerprint density at radius 2 is 2.19 bits per heavy atom. The predicted molar refractivity (Wildman–Crippen MR) is 79.9 cm³/mol. The van der Waals surface area contributed by atoms with Gasteiger partial charge in [-0.05, 0) is 12.3 Å². The second kappa shape index (κ2) is 7.07. The van der Waals surface area contributed by atoms with E-state index in [1.165, 1.54) is 38.5 Å². The van der Waals surface area contributed by atoms with Gasteiger partial charge in [0.1, 0.15) is 6.10 Å². The summed E-state index contributed by atoms with van der Waals surface area (Å²) in [5, 5.41) is 2.83. The summed E-state index contributed by atoms with van der Waals surface area (Å²) in [6.07, 6.45) is 12.4. The summed E-state index contributed by atoms with van der Waals surface area (Å²) in [7, 11) is 0. The lowest BCUT2D eigenvalue weighted by atomic mass is 9.87. The Kier molecular flexibility index (Phi) is 4.91. The molecule has 116 valence electrons. The minimum atomic E-state index is -0.375. The molecule has 5 nitrogen and oxygen atoms in total. The largest absolute Gasteiger partial charge is 0.366 e. The number of nitrogens with zero attached hydrogens (tertiary/aromatic N) is 2. The highest BCUT2D eigenvalue weighted by Gasteiger charge is 2.23. The van der Waals surface area contributed by atoms with Gasteiger partial charge in [-0.15, -0.1) is 0 Å². The van der Waals surface area contributed by atoms with Crippen LogP contribution in [0, 0.1) is 5.92 Å². The minimum absolute atomic E-state index is 0.0157. The van der Waals surface area contributed by atoms with E-state index >= 15 is 0 Å². The number of carbonyl (C=O) groups excluding carboxylic acids is 1. The van der Waals surface area contributed by atoms with E-state index in [0.29, 0.717) is 19.6 Å². The zero-order valence-corrected chi connectivity index (χ0v) is 12.6. The standard InChI is InChI=1S/C16H25N3O2/c20-16-15(21-9-7-17-16)10-14-11-19(12-18-14)8-6-13-4-2-1-3-5-13/h11-13,15H,1-10H2,(H,17,20)/t15-/m0/s1. The molecular formula is C16H25N3O2. The van der Waals surface area contributed by atoms with Crippen molar-refractivity contribution in [1.82, 2.24) is 14.9 Å². The summed E-state index contributed by atoms with van der Waals surface area (Å²) < 4.78 is 7.65. The molecular weight excluding hydrogens is 266 g/mol. The molecule has 5 heteroatoms. The lowest BCUT2D eigenvalue weighted by Crippen LogP contribution is -2.45. The van der Waals surface area contributed by atoms with E-state index in [0.717, 1.165) is 18.2 Å². The van der Waals surface area contributed by atoms with Crippen LogP contribution in [-0.4, -0.2) is 34.7 Å². The van der Waals surface area contributed by atoms with Gasteiger partial charge in [-0.3, -0.25) is 4.79 Å². The van der Waals surface area contributed by atoms with Gasteiger partial charge in [0, 0.05) is 25.7 Å². The van der Waals surface area contributed by atoms with Crippen LogP contribution in [0.4, 0.5) is 0 Å². The number of aromatic nitrogens is 2. The molecule has 2 heterocycles. The van der Waals surface area contributed by atoms with Crippen molar-refractivity contribution in [2.45, 2.75) is 57.6 Å². The third-order valence-corrected chi connectivity index (χ3v) is 4.61. The van der Waals surface area contributed by atoms with Gasteiger partial charge in [0.2, 0.25) is 5.91 Å². The molecule has 1 saturated heterocycles. The molecule has 0 radical (unpaired) electrons. The fraction of sp³-hybridized carbons (Fsp3) is 0.750. The molecule has 1 amide bonds. The molecule has 1 aromatic rings. The van der Waals surface area contributed by atoms with Crippen molar-refractivity contribution in [2.75, 3.05) is 13.2 Å². The first-order valence-electron chi connectivity index (χ1n) is 8.21. The number of aryl methyl sites for hydroxylation is 1. The molecule has 1 aromatic heterocycles.